The molecule has 1 unspecified atom stereocenters. The molecule has 0 aliphatic rings. The van der Waals surface area contributed by atoms with E-state index in [-0.39, 0.29) is 6.04 Å². The van der Waals surface area contributed by atoms with Crippen molar-refractivity contribution in [3.63, 3.8) is 0 Å². The zero-order chi connectivity index (χ0) is 14.4. The molecular formula is C12H15ClN2O4. The third-order valence-corrected chi connectivity index (χ3v) is 2.86. The lowest BCUT2D eigenvalue weighted by Gasteiger charge is -2.25. The Labute approximate surface area is 115 Å². The number of carboxylic acids is 1. The molecule has 0 radical (unpaired) electrons. The summed E-state index contributed by atoms with van der Waals surface area (Å²) in [5, 5.41) is 8.99. The molecule has 1 atom stereocenters. The first-order chi connectivity index (χ1) is 8.91. The molecule has 6 nitrogen and oxygen atoms in total. The summed E-state index contributed by atoms with van der Waals surface area (Å²) in [5.74, 6) is -1.16. The summed E-state index contributed by atoms with van der Waals surface area (Å²) in [4.78, 5) is 27.8. The number of nitrogens with zero attached hydrogens (tertiary/aromatic N) is 1. The lowest BCUT2D eigenvalue weighted by Crippen LogP contribution is -2.39. The molecule has 0 aromatic heterocycles. The number of hydroxylamine groups is 1. The number of halogens is 1. The summed E-state index contributed by atoms with van der Waals surface area (Å²) in [7, 11) is 1.58. The van der Waals surface area contributed by atoms with Crippen LogP contribution in [0.4, 0.5) is 4.79 Å². The van der Waals surface area contributed by atoms with Gasteiger partial charge in [0.05, 0.1) is 6.04 Å². The standard InChI is InChI=1S/C12H15ClN2O4/c1-8(9-3-5-10(13)6-4-9)15(2)12(18)14-19-7-11(16)17/h3-6,8H,7H2,1-2H3,(H,14,18)(H,16,17). The minimum Gasteiger partial charge on any atom is -0.479 e. The van der Waals surface area contributed by atoms with E-state index in [2.05, 4.69) is 10.3 Å². The average molecular weight is 287 g/mol. The number of urea groups is 1. The van der Waals surface area contributed by atoms with E-state index in [4.69, 9.17) is 16.7 Å². The van der Waals surface area contributed by atoms with Crippen LogP contribution in [0.2, 0.25) is 5.02 Å². The molecule has 0 bridgehead atoms. The van der Waals surface area contributed by atoms with Crippen LogP contribution in [-0.2, 0) is 9.63 Å². The van der Waals surface area contributed by atoms with E-state index in [1.54, 1.807) is 19.2 Å². The highest BCUT2D eigenvalue weighted by atomic mass is 35.5. The second-order valence-electron chi connectivity index (χ2n) is 3.93. The van der Waals surface area contributed by atoms with E-state index in [9.17, 15) is 9.59 Å². The summed E-state index contributed by atoms with van der Waals surface area (Å²) in [6.45, 7) is 1.24. The topological polar surface area (TPSA) is 78.9 Å². The number of carbonyl (C=O) groups is 2. The Morgan fingerprint density at radius 1 is 1.42 bits per heavy atom. The third kappa shape index (κ3) is 4.76. The Hall–Kier alpha value is -1.79. The van der Waals surface area contributed by atoms with Gasteiger partial charge in [-0.2, -0.15) is 0 Å². The molecule has 19 heavy (non-hydrogen) atoms. The Morgan fingerprint density at radius 2 is 2.00 bits per heavy atom. The van der Waals surface area contributed by atoms with Crippen LogP contribution >= 0.6 is 11.6 Å². The van der Waals surface area contributed by atoms with Crippen LogP contribution in [0, 0.1) is 0 Å². The highest BCUT2D eigenvalue weighted by Gasteiger charge is 2.17. The smallest absolute Gasteiger partial charge is 0.341 e. The van der Waals surface area contributed by atoms with Crippen LogP contribution in [-0.4, -0.2) is 35.7 Å². The van der Waals surface area contributed by atoms with Crippen LogP contribution in [0.25, 0.3) is 0 Å². The van der Waals surface area contributed by atoms with E-state index in [0.717, 1.165) is 5.56 Å². The van der Waals surface area contributed by atoms with Gasteiger partial charge in [0.1, 0.15) is 0 Å². The monoisotopic (exact) mass is 286 g/mol. The summed E-state index contributed by atoms with van der Waals surface area (Å²) < 4.78 is 0. The zero-order valence-corrected chi connectivity index (χ0v) is 11.3. The number of rotatable bonds is 5. The van der Waals surface area contributed by atoms with Crippen LogP contribution in [0.15, 0.2) is 24.3 Å². The SMILES string of the molecule is CC(c1ccc(Cl)cc1)N(C)C(=O)NOCC(=O)O. The number of benzene rings is 1. The third-order valence-electron chi connectivity index (χ3n) is 2.61. The number of carboxylic acid groups (broad SMARTS) is 1. The molecule has 0 fully saturated rings. The maximum atomic E-state index is 11.7. The molecule has 0 spiro atoms. The molecule has 1 rings (SSSR count). The molecule has 0 aliphatic heterocycles. The van der Waals surface area contributed by atoms with Gasteiger partial charge in [-0.3, -0.25) is 4.84 Å². The van der Waals surface area contributed by atoms with Gasteiger partial charge >= 0.3 is 12.0 Å². The molecule has 0 saturated carbocycles. The van der Waals surface area contributed by atoms with Crippen molar-refractivity contribution in [3.05, 3.63) is 34.9 Å². The van der Waals surface area contributed by atoms with Gasteiger partial charge in [-0.1, -0.05) is 23.7 Å². The zero-order valence-electron chi connectivity index (χ0n) is 10.6. The van der Waals surface area contributed by atoms with Crippen molar-refractivity contribution >= 4 is 23.6 Å². The normalized spacial score (nSPS) is 11.7. The van der Waals surface area contributed by atoms with Crippen molar-refractivity contribution in [3.8, 4) is 0 Å². The second kappa shape index (κ2) is 6.96. The van der Waals surface area contributed by atoms with Gasteiger partial charge < -0.3 is 10.0 Å². The minimum atomic E-state index is -1.16. The Balaban J connectivity index is 2.56. The predicted octanol–water partition coefficient (Wildman–Crippen LogP) is 2.06. The summed E-state index contributed by atoms with van der Waals surface area (Å²) in [5.41, 5.74) is 2.96. The molecule has 104 valence electrons. The van der Waals surface area contributed by atoms with Crippen molar-refractivity contribution in [2.75, 3.05) is 13.7 Å². The quantitative estimate of drug-likeness (QED) is 0.812. The van der Waals surface area contributed by atoms with Crippen molar-refractivity contribution in [1.29, 1.82) is 0 Å². The maximum Gasteiger partial charge on any atom is 0.341 e. The first-order valence-corrected chi connectivity index (χ1v) is 5.91. The number of hydrogen-bond acceptors (Lipinski definition) is 3. The first kappa shape index (κ1) is 15.3. The fourth-order valence-electron chi connectivity index (χ4n) is 1.37. The van der Waals surface area contributed by atoms with Gasteiger partial charge in [-0.15, -0.1) is 0 Å². The number of hydrogen-bond donors (Lipinski definition) is 2. The lowest BCUT2D eigenvalue weighted by molar-refractivity contribution is -0.144. The van der Waals surface area contributed by atoms with Gasteiger partial charge in [0.2, 0.25) is 0 Å². The van der Waals surface area contributed by atoms with E-state index in [1.807, 2.05) is 19.1 Å². The molecular weight excluding hydrogens is 272 g/mol. The summed E-state index contributed by atoms with van der Waals surface area (Å²) in [6, 6.07) is 6.37. The van der Waals surface area contributed by atoms with Crippen molar-refractivity contribution in [1.82, 2.24) is 10.4 Å². The predicted molar refractivity (Wildman–Crippen MR) is 69.7 cm³/mol. The van der Waals surface area contributed by atoms with Crippen LogP contribution < -0.4 is 5.48 Å². The number of aliphatic carboxylic acids is 1. The largest absolute Gasteiger partial charge is 0.479 e. The van der Waals surface area contributed by atoms with Gasteiger partial charge in [0, 0.05) is 12.1 Å². The highest BCUT2D eigenvalue weighted by molar-refractivity contribution is 6.30. The van der Waals surface area contributed by atoms with Gasteiger partial charge in [-0.25, -0.2) is 15.1 Å². The minimum absolute atomic E-state index is 0.203. The Kier molecular flexibility index (Phi) is 5.59. The van der Waals surface area contributed by atoms with Crippen molar-refractivity contribution < 1.29 is 19.5 Å². The van der Waals surface area contributed by atoms with Crippen LogP contribution in [0.1, 0.15) is 18.5 Å². The summed E-state index contributed by atoms with van der Waals surface area (Å²) in [6.07, 6.45) is 0. The first-order valence-electron chi connectivity index (χ1n) is 5.53. The Morgan fingerprint density at radius 3 is 2.53 bits per heavy atom. The molecule has 0 saturated heterocycles. The van der Waals surface area contributed by atoms with E-state index >= 15 is 0 Å². The molecule has 2 amide bonds. The van der Waals surface area contributed by atoms with Gasteiger partial charge in [-0.05, 0) is 24.6 Å². The number of carbonyl (C=O) groups excluding carboxylic acids is 1. The molecule has 1 aromatic carbocycles. The average Bonchev–Trinajstić information content (AvgIpc) is 2.37. The lowest BCUT2D eigenvalue weighted by atomic mass is 10.1. The number of amides is 2. The fourth-order valence-corrected chi connectivity index (χ4v) is 1.50. The maximum absolute atomic E-state index is 11.7. The molecule has 7 heteroatoms. The Bertz CT molecular complexity index is 450. The van der Waals surface area contributed by atoms with Crippen molar-refractivity contribution in [2.24, 2.45) is 0 Å². The summed E-state index contributed by atoms with van der Waals surface area (Å²) >= 11 is 5.79. The molecule has 2 N–H and O–H groups in total. The van der Waals surface area contributed by atoms with Crippen LogP contribution in [0.3, 0.4) is 0 Å². The molecule has 1 aromatic rings. The number of nitrogens with one attached hydrogen (secondary N) is 1. The highest BCUT2D eigenvalue weighted by Crippen LogP contribution is 2.20. The molecule has 0 aliphatic carbocycles. The van der Waals surface area contributed by atoms with E-state index < -0.39 is 18.6 Å². The van der Waals surface area contributed by atoms with Crippen LogP contribution in [0.5, 0.6) is 0 Å². The van der Waals surface area contributed by atoms with Crippen molar-refractivity contribution in [2.45, 2.75) is 13.0 Å². The van der Waals surface area contributed by atoms with Gasteiger partial charge in [0.15, 0.2) is 6.61 Å². The van der Waals surface area contributed by atoms with Gasteiger partial charge in [0.25, 0.3) is 0 Å². The fraction of sp³-hybridized carbons (Fsp3) is 0.333. The molecule has 0 heterocycles. The van der Waals surface area contributed by atoms with E-state index in [0.29, 0.717) is 5.02 Å². The van der Waals surface area contributed by atoms with E-state index in [1.165, 1.54) is 4.90 Å². The second-order valence-corrected chi connectivity index (χ2v) is 4.36.